The van der Waals surface area contributed by atoms with Gasteiger partial charge in [-0.25, -0.2) is 0 Å². The van der Waals surface area contributed by atoms with Crippen LogP contribution >= 0.6 is 0 Å². The molecular weight excluding hydrogens is 363 g/mol. The molecule has 5 heteroatoms. The van der Waals surface area contributed by atoms with Crippen LogP contribution < -0.4 is 18.8 Å². The minimum atomic E-state index is 0.648. The van der Waals surface area contributed by atoms with Crippen LogP contribution in [0.3, 0.4) is 0 Å². The summed E-state index contributed by atoms with van der Waals surface area (Å²) in [5.41, 5.74) is 0. The van der Waals surface area contributed by atoms with Crippen molar-refractivity contribution in [3.8, 4) is 34.5 Å². The molecule has 0 heterocycles. The average molecular weight is 381 g/mol. The van der Waals surface area contributed by atoms with Gasteiger partial charge in [-0.05, 0) is 72.8 Å². The smallest absolute Gasteiger partial charge is 0.526 e. The minimum Gasteiger partial charge on any atom is -0.526 e. The van der Waals surface area contributed by atoms with Crippen molar-refractivity contribution in [2.45, 2.75) is 0 Å². The highest BCUT2D eigenvalue weighted by molar-refractivity contribution is 6.20. The van der Waals surface area contributed by atoms with Crippen LogP contribution in [0.15, 0.2) is 109 Å². The van der Waals surface area contributed by atoms with Gasteiger partial charge in [-0.1, -0.05) is 36.4 Å². The molecule has 4 aromatic carbocycles. The molecule has 0 aromatic heterocycles. The first kappa shape index (κ1) is 18.5. The van der Waals surface area contributed by atoms with Gasteiger partial charge in [0.15, 0.2) is 0 Å². The largest absolute Gasteiger partial charge is 0.658 e. The van der Waals surface area contributed by atoms with E-state index in [1.54, 1.807) is 0 Å². The molecule has 0 aliphatic heterocycles. The topological polar surface area (TPSA) is 36.9 Å². The van der Waals surface area contributed by atoms with Gasteiger partial charge >= 0.3 is 7.69 Å². The van der Waals surface area contributed by atoms with Gasteiger partial charge in [0.25, 0.3) is 0 Å². The van der Waals surface area contributed by atoms with Gasteiger partial charge in [-0.3, -0.25) is 0 Å². The maximum atomic E-state index is 5.75. The van der Waals surface area contributed by atoms with Gasteiger partial charge in [-0.15, -0.1) is 0 Å². The lowest BCUT2D eigenvalue weighted by Crippen LogP contribution is -2.10. The molecule has 0 fully saturated rings. The summed E-state index contributed by atoms with van der Waals surface area (Å²) >= 11 is 0. The number of rotatable bonds is 8. The summed E-state index contributed by atoms with van der Waals surface area (Å²) in [4.78, 5) is 0. The molecule has 0 amide bonds. The highest BCUT2D eigenvalue weighted by atomic mass is 16.6. The molecular formula is C24H18BO4. The Morgan fingerprint density at radius 2 is 0.655 bits per heavy atom. The van der Waals surface area contributed by atoms with Crippen LogP contribution in [0.1, 0.15) is 0 Å². The van der Waals surface area contributed by atoms with Crippen molar-refractivity contribution in [2.24, 2.45) is 0 Å². The molecule has 0 N–H and O–H groups in total. The molecule has 141 valence electrons. The zero-order valence-corrected chi connectivity index (χ0v) is 15.6. The molecule has 1 radical (unpaired) electrons. The second-order valence-corrected chi connectivity index (χ2v) is 6.10. The summed E-state index contributed by atoms with van der Waals surface area (Å²) < 4.78 is 22.5. The van der Waals surface area contributed by atoms with Crippen molar-refractivity contribution in [3.63, 3.8) is 0 Å². The summed E-state index contributed by atoms with van der Waals surface area (Å²) in [6, 6.07) is 33.9. The molecule has 0 unspecified atom stereocenters. The van der Waals surface area contributed by atoms with E-state index in [1.807, 2.05) is 109 Å². The molecule has 4 nitrogen and oxygen atoms in total. The zero-order valence-electron chi connectivity index (χ0n) is 15.6. The summed E-state index contributed by atoms with van der Waals surface area (Å²) in [6.45, 7) is 0. The maximum absolute atomic E-state index is 5.75. The highest BCUT2D eigenvalue weighted by Crippen LogP contribution is 2.25. The Morgan fingerprint density at radius 1 is 0.345 bits per heavy atom. The van der Waals surface area contributed by atoms with E-state index < -0.39 is 0 Å². The predicted octanol–water partition coefficient (Wildman–Crippen LogP) is 6.26. The molecule has 0 saturated heterocycles. The first-order valence-corrected chi connectivity index (χ1v) is 9.16. The number of ether oxygens (including phenoxy) is 2. The quantitative estimate of drug-likeness (QED) is 0.338. The van der Waals surface area contributed by atoms with Crippen LogP contribution in [0.25, 0.3) is 0 Å². The van der Waals surface area contributed by atoms with Gasteiger partial charge < -0.3 is 18.8 Å². The lowest BCUT2D eigenvalue weighted by atomic mass is 10.2. The van der Waals surface area contributed by atoms with Gasteiger partial charge in [0, 0.05) is 0 Å². The summed E-state index contributed by atoms with van der Waals surface area (Å²) in [7, 11) is 1.29. The average Bonchev–Trinajstić information content (AvgIpc) is 2.78. The van der Waals surface area contributed by atoms with Crippen molar-refractivity contribution >= 4 is 7.69 Å². The highest BCUT2D eigenvalue weighted by Gasteiger charge is 2.04. The lowest BCUT2D eigenvalue weighted by molar-refractivity contribution is 0.453. The number of benzene rings is 4. The normalized spacial score (nSPS) is 10.1. The summed E-state index contributed by atoms with van der Waals surface area (Å²) in [5, 5.41) is 0. The Bertz CT molecular complexity index is 919. The SMILES string of the molecule is [B](Oc1ccc(Oc2ccccc2)cc1)Oc1ccc(Oc2ccccc2)cc1. The van der Waals surface area contributed by atoms with Crippen molar-refractivity contribution in [3.05, 3.63) is 109 Å². The summed E-state index contributed by atoms with van der Waals surface area (Å²) in [6.07, 6.45) is 0. The molecule has 4 aromatic rings. The Balaban J connectivity index is 1.24. The molecule has 4 rings (SSSR count). The Morgan fingerprint density at radius 3 is 1.03 bits per heavy atom. The third-order valence-electron chi connectivity index (χ3n) is 3.97. The van der Waals surface area contributed by atoms with Crippen molar-refractivity contribution in [1.82, 2.24) is 0 Å². The second-order valence-electron chi connectivity index (χ2n) is 6.10. The van der Waals surface area contributed by atoms with E-state index in [4.69, 9.17) is 18.8 Å². The predicted molar refractivity (Wildman–Crippen MR) is 113 cm³/mol. The van der Waals surface area contributed by atoms with Crippen molar-refractivity contribution < 1.29 is 18.8 Å². The van der Waals surface area contributed by atoms with E-state index in [0.717, 1.165) is 23.0 Å². The van der Waals surface area contributed by atoms with E-state index in [-0.39, 0.29) is 0 Å². The lowest BCUT2D eigenvalue weighted by Gasteiger charge is -2.09. The maximum Gasteiger partial charge on any atom is 0.658 e. The fourth-order valence-corrected chi connectivity index (χ4v) is 2.56. The summed E-state index contributed by atoms with van der Waals surface area (Å²) in [5.74, 6) is 4.34. The molecule has 0 bridgehead atoms. The number of hydrogen-bond donors (Lipinski definition) is 0. The third-order valence-corrected chi connectivity index (χ3v) is 3.97. The van der Waals surface area contributed by atoms with Gasteiger partial charge in [-0.2, -0.15) is 0 Å². The fourth-order valence-electron chi connectivity index (χ4n) is 2.56. The van der Waals surface area contributed by atoms with Crippen molar-refractivity contribution in [2.75, 3.05) is 0 Å². The molecule has 0 saturated carbocycles. The zero-order chi connectivity index (χ0) is 19.7. The van der Waals surface area contributed by atoms with E-state index in [2.05, 4.69) is 0 Å². The number of para-hydroxylation sites is 2. The monoisotopic (exact) mass is 381 g/mol. The second kappa shape index (κ2) is 9.37. The van der Waals surface area contributed by atoms with Crippen LogP contribution in [0.4, 0.5) is 0 Å². The Kier molecular flexibility index (Phi) is 5.98. The number of hydrogen-bond acceptors (Lipinski definition) is 4. The molecule has 29 heavy (non-hydrogen) atoms. The van der Waals surface area contributed by atoms with Crippen LogP contribution in [-0.2, 0) is 0 Å². The van der Waals surface area contributed by atoms with Gasteiger partial charge in [0.05, 0.1) is 0 Å². The van der Waals surface area contributed by atoms with Gasteiger partial charge in [0.1, 0.15) is 34.5 Å². The Hall–Kier alpha value is -3.86. The molecule has 0 spiro atoms. The van der Waals surface area contributed by atoms with Crippen LogP contribution in [-0.4, -0.2) is 7.69 Å². The van der Waals surface area contributed by atoms with Gasteiger partial charge in [0.2, 0.25) is 0 Å². The standard InChI is InChI=1S/C24H18BO4/c1-3-7-19(8-4-1)26-21-11-15-23(16-12-21)28-25-29-24-17-13-22(14-18-24)27-20-9-5-2-6-10-20/h1-18H. The minimum absolute atomic E-state index is 0.648. The third kappa shape index (κ3) is 5.56. The Labute approximate surface area is 170 Å². The first-order valence-electron chi connectivity index (χ1n) is 9.16. The molecule has 0 aliphatic carbocycles. The van der Waals surface area contributed by atoms with E-state index >= 15 is 0 Å². The van der Waals surface area contributed by atoms with E-state index in [0.29, 0.717) is 11.5 Å². The van der Waals surface area contributed by atoms with E-state index in [1.165, 1.54) is 7.69 Å². The molecule has 0 aliphatic rings. The molecule has 0 atom stereocenters. The van der Waals surface area contributed by atoms with E-state index in [9.17, 15) is 0 Å². The van der Waals surface area contributed by atoms with Crippen LogP contribution in [0, 0.1) is 0 Å². The van der Waals surface area contributed by atoms with Crippen molar-refractivity contribution in [1.29, 1.82) is 0 Å². The fraction of sp³-hybridized carbons (Fsp3) is 0. The first-order chi connectivity index (χ1) is 14.3. The van der Waals surface area contributed by atoms with Crippen LogP contribution in [0.2, 0.25) is 0 Å². The van der Waals surface area contributed by atoms with Crippen LogP contribution in [0.5, 0.6) is 34.5 Å².